The normalized spacial score (nSPS) is 10.4. The first-order chi connectivity index (χ1) is 10.1. The first-order valence-electron chi connectivity index (χ1n) is 6.21. The maximum absolute atomic E-state index is 11.9. The van der Waals surface area contributed by atoms with E-state index in [0.717, 1.165) is 6.20 Å². The van der Waals surface area contributed by atoms with Gasteiger partial charge >= 0.3 is 0 Å². The maximum Gasteiger partial charge on any atom is 0.300 e. The van der Waals surface area contributed by atoms with Crippen LogP contribution in [0.4, 0.5) is 5.69 Å². The van der Waals surface area contributed by atoms with Crippen LogP contribution in [0.5, 0.6) is 0 Å². The van der Waals surface area contributed by atoms with E-state index >= 15 is 0 Å². The molecule has 21 heavy (non-hydrogen) atoms. The van der Waals surface area contributed by atoms with Crippen LogP contribution in [0.2, 0.25) is 5.15 Å². The zero-order chi connectivity index (χ0) is 15.7. The van der Waals surface area contributed by atoms with Gasteiger partial charge in [0, 0.05) is 20.3 Å². The fourth-order valence-electron chi connectivity index (χ4n) is 1.47. The molecule has 116 valence electrons. The molecule has 0 fully saturated rings. The lowest BCUT2D eigenvalue weighted by Gasteiger charge is -2.06. The Balaban J connectivity index is 2.45. The first kappa shape index (κ1) is 17.3. The number of nitrogens with zero attached hydrogens (tertiary/aromatic N) is 2. The van der Waals surface area contributed by atoms with Crippen molar-refractivity contribution in [3.05, 3.63) is 33.1 Å². The third-order valence-corrected chi connectivity index (χ3v) is 2.68. The minimum absolute atomic E-state index is 0.0219. The highest BCUT2D eigenvalue weighted by molar-refractivity contribution is 6.29. The number of hydrogen-bond acceptors (Lipinski definition) is 6. The van der Waals surface area contributed by atoms with Crippen LogP contribution in [-0.2, 0) is 9.47 Å². The lowest BCUT2D eigenvalue weighted by Crippen LogP contribution is -2.26. The van der Waals surface area contributed by atoms with Crippen molar-refractivity contribution in [2.75, 3.05) is 33.5 Å². The van der Waals surface area contributed by atoms with Crippen molar-refractivity contribution in [2.45, 2.75) is 6.42 Å². The fraction of sp³-hybridized carbons (Fsp3) is 0.500. The van der Waals surface area contributed by atoms with Crippen LogP contribution in [0.15, 0.2) is 12.3 Å². The van der Waals surface area contributed by atoms with Crippen molar-refractivity contribution in [1.82, 2.24) is 10.3 Å². The van der Waals surface area contributed by atoms with Gasteiger partial charge in [-0.1, -0.05) is 11.6 Å². The maximum atomic E-state index is 11.9. The number of carbonyl (C=O) groups is 1. The summed E-state index contributed by atoms with van der Waals surface area (Å²) in [6.07, 6.45) is 1.55. The average molecular weight is 318 g/mol. The van der Waals surface area contributed by atoms with Crippen molar-refractivity contribution in [2.24, 2.45) is 0 Å². The van der Waals surface area contributed by atoms with Crippen LogP contribution in [0, 0.1) is 10.1 Å². The number of ether oxygens (including phenoxy) is 2. The van der Waals surface area contributed by atoms with Crippen LogP contribution < -0.4 is 5.32 Å². The second-order valence-electron chi connectivity index (χ2n) is 4.00. The van der Waals surface area contributed by atoms with Crippen LogP contribution >= 0.6 is 11.6 Å². The van der Waals surface area contributed by atoms with Gasteiger partial charge in [-0.05, 0) is 12.5 Å². The molecule has 0 spiro atoms. The molecule has 0 aliphatic rings. The molecule has 0 atom stereocenters. The second kappa shape index (κ2) is 9.22. The molecule has 0 aliphatic heterocycles. The van der Waals surface area contributed by atoms with E-state index in [1.54, 1.807) is 7.11 Å². The van der Waals surface area contributed by atoms with Gasteiger partial charge in [-0.25, -0.2) is 4.98 Å². The Morgan fingerprint density at radius 1 is 1.48 bits per heavy atom. The first-order valence-corrected chi connectivity index (χ1v) is 6.59. The number of hydrogen-bond donors (Lipinski definition) is 1. The van der Waals surface area contributed by atoms with Gasteiger partial charge in [0.05, 0.1) is 18.1 Å². The van der Waals surface area contributed by atoms with Crippen molar-refractivity contribution >= 4 is 23.2 Å². The van der Waals surface area contributed by atoms with Gasteiger partial charge in [0.15, 0.2) is 0 Å². The molecule has 1 aromatic rings. The topological polar surface area (TPSA) is 104 Å². The number of halogens is 1. The largest absolute Gasteiger partial charge is 0.382 e. The van der Waals surface area contributed by atoms with E-state index in [2.05, 4.69) is 10.3 Å². The molecule has 0 aliphatic carbocycles. The molecule has 0 saturated carbocycles. The van der Waals surface area contributed by atoms with Gasteiger partial charge in [-0.2, -0.15) is 0 Å². The summed E-state index contributed by atoms with van der Waals surface area (Å²) in [6, 6.07) is 1.17. The minimum atomic E-state index is -0.675. The van der Waals surface area contributed by atoms with Gasteiger partial charge in [-0.3, -0.25) is 14.9 Å². The molecule has 9 heteroatoms. The summed E-state index contributed by atoms with van der Waals surface area (Å²) in [7, 11) is 1.58. The third-order valence-electron chi connectivity index (χ3n) is 2.47. The van der Waals surface area contributed by atoms with E-state index in [0.29, 0.717) is 32.8 Å². The number of nitro groups is 1. The lowest BCUT2D eigenvalue weighted by atomic mass is 10.2. The average Bonchev–Trinajstić information content (AvgIpc) is 2.45. The van der Waals surface area contributed by atoms with E-state index in [-0.39, 0.29) is 16.4 Å². The smallest absolute Gasteiger partial charge is 0.300 e. The highest BCUT2D eigenvalue weighted by Crippen LogP contribution is 2.20. The van der Waals surface area contributed by atoms with Crippen LogP contribution in [0.25, 0.3) is 0 Å². The van der Waals surface area contributed by atoms with Crippen LogP contribution in [0.1, 0.15) is 16.8 Å². The summed E-state index contributed by atoms with van der Waals surface area (Å²) in [5.41, 5.74) is -0.492. The van der Waals surface area contributed by atoms with Gasteiger partial charge in [0.25, 0.3) is 11.6 Å². The Hall–Kier alpha value is -1.77. The molecular weight excluding hydrogens is 302 g/mol. The summed E-state index contributed by atoms with van der Waals surface area (Å²) < 4.78 is 10.0. The molecule has 0 aromatic carbocycles. The third kappa shape index (κ3) is 6.03. The predicted octanol–water partition coefficient (Wildman–Crippen LogP) is 1.43. The van der Waals surface area contributed by atoms with E-state index < -0.39 is 10.8 Å². The fourth-order valence-corrected chi connectivity index (χ4v) is 1.62. The SMILES string of the molecule is COCCOCCCNC(=O)c1cc(Cl)ncc1[N+](=O)[O-]. The molecule has 1 N–H and O–H groups in total. The van der Waals surface area contributed by atoms with E-state index in [1.807, 2.05) is 0 Å². The summed E-state index contributed by atoms with van der Waals surface area (Å²) in [6.45, 7) is 1.79. The molecule has 0 saturated heterocycles. The molecule has 0 bridgehead atoms. The van der Waals surface area contributed by atoms with Gasteiger partial charge in [-0.15, -0.1) is 0 Å². The van der Waals surface area contributed by atoms with E-state index in [1.165, 1.54) is 6.07 Å². The number of carbonyl (C=O) groups excluding carboxylic acids is 1. The Labute approximate surface area is 126 Å². The summed E-state index contributed by atoms with van der Waals surface area (Å²) in [5.74, 6) is -0.567. The summed E-state index contributed by atoms with van der Waals surface area (Å²) in [4.78, 5) is 25.6. The number of methoxy groups -OCH3 is 1. The zero-order valence-corrected chi connectivity index (χ0v) is 12.3. The molecule has 1 amide bonds. The molecule has 1 heterocycles. The zero-order valence-electron chi connectivity index (χ0n) is 11.5. The van der Waals surface area contributed by atoms with Crippen molar-refractivity contribution in [1.29, 1.82) is 0 Å². The Bertz CT molecular complexity index is 498. The number of aromatic nitrogens is 1. The van der Waals surface area contributed by atoms with Crippen LogP contribution in [-0.4, -0.2) is 49.3 Å². The van der Waals surface area contributed by atoms with Crippen molar-refractivity contribution in [3.63, 3.8) is 0 Å². The van der Waals surface area contributed by atoms with Crippen molar-refractivity contribution in [3.8, 4) is 0 Å². The predicted molar refractivity (Wildman–Crippen MR) is 75.5 cm³/mol. The number of nitrogens with one attached hydrogen (secondary N) is 1. The van der Waals surface area contributed by atoms with Gasteiger partial charge in [0.1, 0.15) is 16.9 Å². The summed E-state index contributed by atoms with van der Waals surface area (Å²) >= 11 is 5.65. The Morgan fingerprint density at radius 3 is 2.90 bits per heavy atom. The minimum Gasteiger partial charge on any atom is -0.382 e. The highest BCUT2D eigenvalue weighted by atomic mass is 35.5. The second-order valence-corrected chi connectivity index (χ2v) is 4.38. The van der Waals surface area contributed by atoms with Gasteiger partial charge in [0.2, 0.25) is 0 Å². The molecule has 0 radical (unpaired) electrons. The number of rotatable bonds is 9. The monoisotopic (exact) mass is 317 g/mol. The molecular formula is C12H16ClN3O5. The Kier molecular flexibility index (Phi) is 7.59. The lowest BCUT2D eigenvalue weighted by molar-refractivity contribution is -0.385. The molecule has 8 nitrogen and oxygen atoms in total. The number of pyridine rings is 1. The van der Waals surface area contributed by atoms with E-state index in [4.69, 9.17) is 21.1 Å². The summed E-state index contributed by atoms with van der Waals surface area (Å²) in [5, 5.41) is 13.4. The standard InChI is InChI=1S/C12H16ClN3O5/c1-20-5-6-21-4-2-3-14-12(17)9-7-11(13)15-8-10(9)16(18)19/h7-8H,2-6H2,1H3,(H,14,17). The van der Waals surface area contributed by atoms with Crippen molar-refractivity contribution < 1.29 is 19.2 Å². The van der Waals surface area contributed by atoms with Crippen LogP contribution in [0.3, 0.4) is 0 Å². The van der Waals surface area contributed by atoms with E-state index in [9.17, 15) is 14.9 Å². The quantitative estimate of drug-likeness (QED) is 0.320. The molecule has 1 aromatic heterocycles. The highest BCUT2D eigenvalue weighted by Gasteiger charge is 2.20. The van der Waals surface area contributed by atoms with Gasteiger partial charge < -0.3 is 14.8 Å². The number of amides is 1. The molecule has 1 rings (SSSR count). The molecule has 0 unspecified atom stereocenters. The Morgan fingerprint density at radius 2 is 2.24 bits per heavy atom.